The van der Waals surface area contributed by atoms with Crippen molar-refractivity contribution < 1.29 is 23.4 Å². The molecule has 2 atom stereocenters. The Balaban J connectivity index is 1.71. The Morgan fingerprint density at radius 2 is 2.03 bits per heavy atom. The van der Waals surface area contributed by atoms with Crippen molar-refractivity contribution in [3.05, 3.63) is 64.6 Å². The van der Waals surface area contributed by atoms with Crippen LogP contribution in [0.3, 0.4) is 0 Å². The summed E-state index contributed by atoms with van der Waals surface area (Å²) in [6.07, 6.45) is 1.27. The largest absolute Gasteiger partial charge is 0.489 e. The average Bonchev–Trinajstić information content (AvgIpc) is 3.21. The van der Waals surface area contributed by atoms with Crippen LogP contribution < -0.4 is 4.74 Å². The van der Waals surface area contributed by atoms with E-state index in [9.17, 15) is 18.7 Å². The zero-order chi connectivity index (χ0) is 25.8. The van der Waals surface area contributed by atoms with E-state index in [-0.39, 0.29) is 37.5 Å². The number of aliphatic carboxylic acids is 1. The van der Waals surface area contributed by atoms with E-state index in [2.05, 4.69) is 22.9 Å². The van der Waals surface area contributed by atoms with Crippen molar-refractivity contribution in [3.8, 4) is 5.75 Å². The summed E-state index contributed by atoms with van der Waals surface area (Å²) in [5.41, 5.74) is 4.86. The lowest BCUT2D eigenvalue weighted by Gasteiger charge is -2.41. The van der Waals surface area contributed by atoms with E-state index in [0.717, 1.165) is 28.6 Å². The summed E-state index contributed by atoms with van der Waals surface area (Å²) < 4.78 is 33.3. The third-order valence-corrected chi connectivity index (χ3v) is 7.19. The van der Waals surface area contributed by atoms with E-state index in [0.29, 0.717) is 31.6 Å². The zero-order valence-corrected chi connectivity index (χ0v) is 21.2. The number of aromatic nitrogens is 1. The maximum atomic E-state index is 14.9. The van der Waals surface area contributed by atoms with Crippen LogP contribution in [-0.4, -0.2) is 71.9 Å². The lowest BCUT2D eigenvalue weighted by Crippen LogP contribution is -2.43. The number of rotatable bonds is 11. The van der Waals surface area contributed by atoms with Gasteiger partial charge in [-0.3, -0.25) is 14.1 Å². The number of alkyl halides is 1. The third kappa shape index (κ3) is 5.39. The molecular formula is C28H35F2N3O3. The van der Waals surface area contributed by atoms with Gasteiger partial charge in [-0.1, -0.05) is 24.3 Å². The molecule has 0 fully saturated rings. The molecule has 8 heteroatoms. The fraction of sp³-hybridized carbons (Fsp3) is 0.464. The molecule has 0 unspecified atom stereocenters. The number of hydrogen-bond donors (Lipinski definition) is 2. The molecule has 6 nitrogen and oxygen atoms in total. The van der Waals surface area contributed by atoms with Gasteiger partial charge in [0.15, 0.2) is 11.6 Å². The standard InChI is InChI=1S/C28H35F2N3O3/c1-18-17-22-21-7-4-5-8-24(21)31-26(22)27(33(18)14-11-25(34)35)20-9-10-23(30)28(19(20)2)36-16-15-32(3)13-6-12-29/h4-5,7-10,18,27,31H,6,11-17H2,1-3H3,(H,34,35)/t18-,27-/m1/s1. The third-order valence-electron chi connectivity index (χ3n) is 7.19. The van der Waals surface area contributed by atoms with Crippen LogP contribution in [0.2, 0.25) is 0 Å². The molecule has 2 heterocycles. The number of benzene rings is 2. The SMILES string of the molecule is Cc1c([C@@H]2c3[nH]c4ccccc4c3C[C@@H](C)N2CCC(=O)O)ccc(F)c1OCCN(C)CCCF. The first kappa shape index (κ1) is 26.1. The lowest BCUT2D eigenvalue weighted by atomic mass is 9.86. The van der Waals surface area contributed by atoms with Gasteiger partial charge < -0.3 is 19.7 Å². The Labute approximate surface area is 210 Å². The number of likely N-dealkylation sites (N-methyl/N-ethyl adjacent to an activating group) is 1. The van der Waals surface area contributed by atoms with Gasteiger partial charge in [-0.05, 0) is 62.6 Å². The molecule has 1 aliphatic heterocycles. The summed E-state index contributed by atoms with van der Waals surface area (Å²) in [5, 5.41) is 10.6. The molecule has 0 saturated heterocycles. The number of H-pyrrole nitrogens is 1. The number of carboxylic acids is 1. The highest BCUT2D eigenvalue weighted by atomic mass is 19.1. The summed E-state index contributed by atoms with van der Waals surface area (Å²) >= 11 is 0. The van der Waals surface area contributed by atoms with Gasteiger partial charge in [-0.2, -0.15) is 0 Å². The molecule has 36 heavy (non-hydrogen) atoms. The molecule has 0 spiro atoms. The van der Waals surface area contributed by atoms with Crippen LogP contribution >= 0.6 is 0 Å². The molecule has 0 amide bonds. The smallest absolute Gasteiger partial charge is 0.304 e. The fourth-order valence-corrected chi connectivity index (χ4v) is 5.31. The zero-order valence-electron chi connectivity index (χ0n) is 21.2. The van der Waals surface area contributed by atoms with E-state index in [4.69, 9.17) is 4.74 Å². The van der Waals surface area contributed by atoms with Crippen LogP contribution in [-0.2, 0) is 11.2 Å². The molecule has 1 aromatic heterocycles. The summed E-state index contributed by atoms with van der Waals surface area (Å²) in [5.74, 6) is -1.07. The summed E-state index contributed by atoms with van der Waals surface area (Å²) in [7, 11) is 1.89. The first-order valence-corrected chi connectivity index (χ1v) is 12.5. The van der Waals surface area contributed by atoms with Crippen LogP contribution in [0.25, 0.3) is 10.9 Å². The minimum Gasteiger partial charge on any atom is -0.489 e. The molecule has 0 saturated carbocycles. The number of ether oxygens (including phenoxy) is 1. The highest BCUT2D eigenvalue weighted by Crippen LogP contribution is 2.43. The molecule has 1 aliphatic rings. The van der Waals surface area contributed by atoms with E-state index in [1.165, 1.54) is 11.6 Å². The van der Waals surface area contributed by atoms with Gasteiger partial charge in [0.2, 0.25) is 0 Å². The van der Waals surface area contributed by atoms with Crippen LogP contribution in [0.15, 0.2) is 36.4 Å². The lowest BCUT2D eigenvalue weighted by molar-refractivity contribution is -0.137. The van der Waals surface area contributed by atoms with E-state index in [1.807, 2.05) is 37.1 Å². The molecular weight excluding hydrogens is 464 g/mol. The number of aromatic amines is 1. The van der Waals surface area contributed by atoms with Gasteiger partial charge in [-0.25, -0.2) is 4.39 Å². The Hall–Kier alpha value is -2.97. The summed E-state index contributed by atoms with van der Waals surface area (Å²) in [6.45, 7) is 5.44. The Bertz CT molecular complexity index is 1210. The molecule has 4 rings (SSSR count). The second-order valence-electron chi connectivity index (χ2n) is 9.69. The molecule has 0 aliphatic carbocycles. The van der Waals surface area contributed by atoms with Crippen LogP contribution in [0.4, 0.5) is 8.78 Å². The van der Waals surface area contributed by atoms with Crippen LogP contribution in [0.5, 0.6) is 5.75 Å². The minimum atomic E-state index is -0.847. The second-order valence-corrected chi connectivity index (χ2v) is 9.69. The monoisotopic (exact) mass is 499 g/mol. The minimum absolute atomic E-state index is 0.0191. The molecule has 194 valence electrons. The van der Waals surface area contributed by atoms with Crippen molar-refractivity contribution in [2.45, 2.75) is 45.2 Å². The number of hydrogen-bond acceptors (Lipinski definition) is 4. The molecule has 2 aromatic carbocycles. The first-order chi connectivity index (χ1) is 17.3. The number of fused-ring (bicyclic) bond motifs is 3. The molecule has 3 aromatic rings. The van der Waals surface area contributed by atoms with Crippen LogP contribution in [0.1, 0.15) is 48.2 Å². The fourth-order valence-electron chi connectivity index (χ4n) is 5.31. The number of para-hydroxylation sites is 1. The van der Waals surface area contributed by atoms with E-state index < -0.39 is 11.8 Å². The summed E-state index contributed by atoms with van der Waals surface area (Å²) in [4.78, 5) is 19.2. The maximum absolute atomic E-state index is 14.9. The van der Waals surface area contributed by atoms with Gasteiger partial charge in [0.05, 0.1) is 19.1 Å². The van der Waals surface area contributed by atoms with Crippen molar-refractivity contribution in [2.75, 3.05) is 40.0 Å². The van der Waals surface area contributed by atoms with Crippen molar-refractivity contribution in [3.63, 3.8) is 0 Å². The predicted octanol–water partition coefficient (Wildman–Crippen LogP) is 5.10. The summed E-state index contributed by atoms with van der Waals surface area (Å²) in [6, 6.07) is 11.2. The van der Waals surface area contributed by atoms with E-state index in [1.54, 1.807) is 6.07 Å². The van der Waals surface area contributed by atoms with Crippen molar-refractivity contribution >= 4 is 16.9 Å². The molecule has 2 N–H and O–H groups in total. The van der Waals surface area contributed by atoms with Crippen LogP contribution in [0, 0.1) is 12.7 Å². The predicted molar refractivity (Wildman–Crippen MR) is 137 cm³/mol. The number of nitrogens with one attached hydrogen (secondary N) is 1. The van der Waals surface area contributed by atoms with Gasteiger partial charge in [-0.15, -0.1) is 0 Å². The second kappa shape index (κ2) is 11.4. The van der Waals surface area contributed by atoms with E-state index >= 15 is 0 Å². The normalized spacial score (nSPS) is 18.1. The van der Waals surface area contributed by atoms with Crippen molar-refractivity contribution in [2.24, 2.45) is 0 Å². The Morgan fingerprint density at radius 3 is 2.78 bits per heavy atom. The highest BCUT2D eigenvalue weighted by molar-refractivity contribution is 5.85. The van der Waals surface area contributed by atoms with Gasteiger partial charge in [0.1, 0.15) is 6.61 Å². The van der Waals surface area contributed by atoms with Gasteiger partial charge in [0, 0.05) is 42.3 Å². The maximum Gasteiger partial charge on any atom is 0.304 e. The number of nitrogens with zero attached hydrogens (tertiary/aromatic N) is 2. The number of carboxylic acid groups (broad SMARTS) is 1. The van der Waals surface area contributed by atoms with Gasteiger partial charge in [0.25, 0.3) is 0 Å². The van der Waals surface area contributed by atoms with Crippen molar-refractivity contribution in [1.29, 1.82) is 0 Å². The Kier molecular flexibility index (Phi) is 8.26. The average molecular weight is 500 g/mol. The first-order valence-electron chi connectivity index (χ1n) is 12.5. The molecule has 0 radical (unpaired) electrons. The topological polar surface area (TPSA) is 68.8 Å². The number of halogens is 2. The van der Waals surface area contributed by atoms with Crippen molar-refractivity contribution in [1.82, 2.24) is 14.8 Å². The molecule has 0 bridgehead atoms. The number of carbonyl (C=O) groups is 1. The Morgan fingerprint density at radius 1 is 1.25 bits per heavy atom. The highest BCUT2D eigenvalue weighted by Gasteiger charge is 2.37. The van der Waals surface area contributed by atoms with Gasteiger partial charge >= 0.3 is 5.97 Å². The quantitative estimate of drug-likeness (QED) is 0.384.